The Morgan fingerprint density at radius 2 is 2.08 bits per heavy atom. The molecule has 13 heavy (non-hydrogen) atoms. The third kappa shape index (κ3) is 1.46. The second-order valence-corrected chi connectivity index (χ2v) is 3.82. The van der Waals surface area contributed by atoms with E-state index in [1.807, 2.05) is 0 Å². The normalized spacial score (nSPS) is 10.6. The number of fused-ring (bicyclic) bond motifs is 1. The summed E-state index contributed by atoms with van der Waals surface area (Å²) >= 11 is 2.05. The van der Waals surface area contributed by atoms with Crippen LogP contribution in [0.2, 0.25) is 0 Å². The lowest BCUT2D eigenvalue weighted by Crippen LogP contribution is -2.05. The molecule has 2 nitrogen and oxygen atoms in total. The van der Waals surface area contributed by atoms with Crippen LogP contribution in [0, 0.1) is 9.39 Å². The van der Waals surface area contributed by atoms with E-state index in [4.69, 9.17) is 0 Å². The van der Waals surface area contributed by atoms with Gasteiger partial charge in [0.2, 0.25) is 0 Å². The molecule has 0 bridgehead atoms. The fourth-order valence-corrected chi connectivity index (χ4v) is 1.80. The van der Waals surface area contributed by atoms with Crippen LogP contribution in [0.5, 0.6) is 0 Å². The highest BCUT2D eigenvalue weighted by Crippen LogP contribution is 2.17. The summed E-state index contributed by atoms with van der Waals surface area (Å²) in [6.45, 7) is 0. The van der Waals surface area contributed by atoms with E-state index in [0.717, 1.165) is 3.57 Å². The van der Waals surface area contributed by atoms with E-state index < -0.39 is 0 Å². The van der Waals surface area contributed by atoms with Gasteiger partial charge in [0, 0.05) is 20.5 Å². The van der Waals surface area contributed by atoms with Crippen molar-refractivity contribution >= 4 is 33.4 Å². The van der Waals surface area contributed by atoms with Crippen molar-refractivity contribution in [2.24, 2.45) is 0 Å². The lowest BCUT2D eigenvalue weighted by atomic mass is 10.2. The molecule has 2 rings (SSSR count). The monoisotopic (exact) mass is 289 g/mol. The van der Waals surface area contributed by atoms with E-state index in [-0.39, 0.29) is 11.4 Å². The molecule has 2 aromatic rings. The van der Waals surface area contributed by atoms with Gasteiger partial charge in [0.25, 0.3) is 5.56 Å². The standard InChI is InChI=1S/C9H5FINO/c10-5-1-2-6-7(3-5)8(11)4-12-9(6)13/h1-4H,(H,12,13). The fourth-order valence-electron chi connectivity index (χ4n) is 1.20. The zero-order valence-electron chi connectivity index (χ0n) is 6.47. The van der Waals surface area contributed by atoms with E-state index in [2.05, 4.69) is 27.6 Å². The van der Waals surface area contributed by atoms with E-state index >= 15 is 0 Å². The Kier molecular flexibility index (Phi) is 2.07. The Balaban J connectivity index is 3.01. The summed E-state index contributed by atoms with van der Waals surface area (Å²) < 4.78 is 13.7. The largest absolute Gasteiger partial charge is 0.327 e. The van der Waals surface area contributed by atoms with Crippen LogP contribution in [0.25, 0.3) is 10.8 Å². The molecule has 66 valence electrons. The first kappa shape index (κ1) is 8.68. The van der Waals surface area contributed by atoms with Gasteiger partial charge in [-0.15, -0.1) is 0 Å². The third-order valence-electron chi connectivity index (χ3n) is 1.81. The Morgan fingerprint density at radius 1 is 1.31 bits per heavy atom. The second-order valence-electron chi connectivity index (χ2n) is 2.66. The van der Waals surface area contributed by atoms with Crippen molar-refractivity contribution in [3.05, 3.63) is 44.1 Å². The molecule has 0 aliphatic heterocycles. The average molecular weight is 289 g/mol. The van der Waals surface area contributed by atoms with Gasteiger partial charge >= 0.3 is 0 Å². The average Bonchev–Trinajstić information content (AvgIpc) is 2.12. The summed E-state index contributed by atoms with van der Waals surface area (Å²) in [4.78, 5) is 13.8. The predicted molar refractivity (Wildman–Crippen MR) is 57.2 cm³/mol. The molecule has 0 aliphatic rings. The van der Waals surface area contributed by atoms with Crippen molar-refractivity contribution in [3.63, 3.8) is 0 Å². The molecule has 0 fully saturated rings. The quantitative estimate of drug-likeness (QED) is 0.741. The maximum atomic E-state index is 12.8. The second kappa shape index (κ2) is 3.10. The fraction of sp³-hybridized carbons (Fsp3) is 0. The molecule has 0 amide bonds. The van der Waals surface area contributed by atoms with Gasteiger partial charge in [0.05, 0.1) is 0 Å². The summed E-state index contributed by atoms with van der Waals surface area (Å²) in [5.41, 5.74) is -0.185. The maximum Gasteiger partial charge on any atom is 0.255 e. The number of H-pyrrole nitrogens is 1. The van der Waals surface area contributed by atoms with E-state index in [9.17, 15) is 9.18 Å². The number of nitrogens with one attached hydrogen (secondary N) is 1. The topological polar surface area (TPSA) is 32.9 Å². The number of aromatic nitrogens is 1. The molecule has 1 N–H and O–H groups in total. The van der Waals surface area contributed by atoms with Gasteiger partial charge in [-0.05, 0) is 40.8 Å². The molecule has 1 aromatic carbocycles. The minimum absolute atomic E-state index is 0.185. The molecule has 0 aliphatic carbocycles. The highest BCUT2D eigenvalue weighted by atomic mass is 127. The van der Waals surface area contributed by atoms with Crippen LogP contribution >= 0.6 is 22.6 Å². The minimum Gasteiger partial charge on any atom is -0.327 e. The van der Waals surface area contributed by atoms with Crippen LogP contribution in [0.4, 0.5) is 4.39 Å². The molecule has 1 heterocycles. The van der Waals surface area contributed by atoms with Gasteiger partial charge in [-0.1, -0.05) is 0 Å². The summed E-state index contributed by atoms with van der Waals surface area (Å²) in [7, 11) is 0. The summed E-state index contributed by atoms with van der Waals surface area (Å²) in [6.07, 6.45) is 1.57. The molecule has 0 atom stereocenters. The molecule has 0 radical (unpaired) electrons. The maximum absolute atomic E-state index is 12.8. The number of hydrogen-bond donors (Lipinski definition) is 1. The Labute approximate surface area is 86.9 Å². The number of pyridine rings is 1. The molecule has 0 spiro atoms. The molecule has 0 saturated heterocycles. The smallest absolute Gasteiger partial charge is 0.255 e. The molecule has 0 unspecified atom stereocenters. The van der Waals surface area contributed by atoms with Crippen molar-refractivity contribution in [1.82, 2.24) is 4.98 Å². The van der Waals surface area contributed by atoms with Crippen molar-refractivity contribution in [2.75, 3.05) is 0 Å². The number of aromatic amines is 1. The summed E-state index contributed by atoms with van der Waals surface area (Å²) in [5, 5.41) is 1.18. The Morgan fingerprint density at radius 3 is 2.85 bits per heavy atom. The van der Waals surface area contributed by atoms with Crippen molar-refractivity contribution in [2.45, 2.75) is 0 Å². The number of rotatable bonds is 0. The van der Waals surface area contributed by atoms with E-state index in [1.54, 1.807) is 6.20 Å². The first-order valence-corrected chi connectivity index (χ1v) is 4.73. The lowest BCUT2D eigenvalue weighted by molar-refractivity contribution is 0.629. The number of hydrogen-bond acceptors (Lipinski definition) is 1. The molecular weight excluding hydrogens is 284 g/mol. The molecule has 4 heteroatoms. The molecule has 0 saturated carbocycles. The Hall–Kier alpha value is -0.910. The first-order chi connectivity index (χ1) is 6.18. The zero-order chi connectivity index (χ0) is 9.42. The van der Waals surface area contributed by atoms with Crippen LogP contribution in [0.1, 0.15) is 0 Å². The SMILES string of the molecule is O=c1[nH]cc(I)c2cc(F)ccc12. The van der Waals surface area contributed by atoms with Crippen molar-refractivity contribution in [1.29, 1.82) is 0 Å². The lowest BCUT2D eigenvalue weighted by Gasteiger charge is -1.98. The van der Waals surface area contributed by atoms with Crippen LogP contribution < -0.4 is 5.56 Å². The molecular formula is C9H5FINO. The highest BCUT2D eigenvalue weighted by Gasteiger charge is 2.02. The van der Waals surface area contributed by atoms with Crippen LogP contribution in [-0.4, -0.2) is 4.98 Å². The predicted octanol–water partition coefficient (Wildman–Crippen LogP) is 2.27. The Bertz CT molecular complexity index is 520. The summed E-state index contributed by atoms with van der Waals surface area (Å²) in [5.74, 6) is -0.323. The van der Waals surface area contributed by atoms with E-state index in [1.165, 1.54) is 18.2 Å². The van der Waals surface area contributed by atoms with Gasteiger partial charge in [0.15, 0.2) is 0 Å². The van der Waals surface area contributed by atoms with Crippen LogP contribution in [0.15, 0.2) is 29.2 Å². The van der Waals surface area contributed by atoms with Crippen LogP contribution in [-0.2, 0) is 0 Å². The zero-order valence-corrected chi connectivity index (χ0v) is 8.63. The van der Waals surface area contributed by atoms with Gasteiger partial charge in [0.1, 0.15) is 5.82 Å². The van der Waals surface area contributed by atoms with Crippen molar-refractivity contribution in [3.8, 4) is 0 Å². The van der Waals surface area contributed by atoms with Crippen molar-refractivity contribution < 1.29 is 4.39 Å². The van der Waals surface area contributed by atoms with E-state index in [0.29, 0.717) is 10.8 Å². The van der Waals surface area contributed by atoms with Gasteiger partial charge in [-0.2, -0.15) is 0 Å². The highest BCUT2D eigenvalue weighted by molar-refractivity contribution is 14.1. The minimum atomic E-state index is -0.323. The van der Waals surface area contributed by atoms with Gasteiger partial charge in [-0.25, -0.2) is 4.39 Å². The third-order valence-corrected chi connectivity index (χ3v) is 2.71. The molecule has 1 aromatic heterocycles. The number of halogens is 2. The van der Waals surface area contributed by atoms with Gasteiger partial charge in [-0.3, -0.25) is 4.79 Å². The number of benzene rings is 1. The van der Waals surface area contributed by atoms with Crippen LogP contribution in [0.3, 0.4) is 0 Å². The van der Waals surface area contributed by atoms with Gasteiger partial charge < -0.3 is 4.98 Å². The summed E-state index contributed by atoms with van der Waals surface area (Å²) in [6, 6.07) is 4.14. The first-order valence-electron chi connectivity index (χ1n) is 3.65.